The Hall–Kier alpha value is -2.66. The maximum atomic E-state index is 12.7. The molecule has 1 amide bonds. The third kappa shape index (κ3) is 3.56. The van der Waals surface area contributed by atoms with Crippen molar-refractivity contribution in [2.24, 2.45) is 0 Å². The van der Waals surface area contributed by atoms with Crippen molar-refractivity contribution in [3.8, 4) is 0 Å². The van der Waals surface area contributed by atoms with Crippen molar-refractivity contribution in [2.75, 3.05) is 7.05 Å². The van der Waals surface area contributed by atoms with Gasteiger partial charge in [0, 0.05) is 12.1 Å². The molecule has 0 N–H and O–H groups in total. The standard InChI is InChI=1S/C19H18ClN3O2/c1-13(14-6-5-7-15(20)10-14)22(2)19(25)12-23-17-9-4-3-8-16(17)21-11-18(23)24/h3-11,13H,12H2,1-2H3. The van der Waals surface area contributed by atoms with Gasteiger partial charge in [0.05, 0.1) is 23.3 Å². The molecule has 1 unspecified atom stereocenters. The number of hydrogen-bond donors (Lipinski definition) is 0. The Labute approximate surface area is 150 Å². The largest absolute Gasteiger partial charge is 0.337 e. The second-order valence-electron chi connectivity index (χ2n) is 5.91. The summed E-state index contributed by atoms with van der Waals surface area (Å²) in [5.41, 5.74) is 1.97. The molecule has 1 heterocycles. The molecule has 0 aliphatic carbocycles. The Morgan fingerprint density at radius 3 is 2.76 bits per heavy atom. The van der Waals surface area contributed by atoms with Crippen molar-refractivity contribution in [2.45, 2.75) is 19.5 Å². The molecule has 25 heavy (non-hydrogen) atoms. The number of benzene rings is 2. The van der Waals surface area contributed by atoms with Gasteiger partial charge in [-0.1, -0.05) is 35.9 Å². The Morgan fingerprint density at radius 1 is 1.24 bits per heavy atom. The van der Waals surface area contributed by atoms with Gasteiger partial charge in [0.2, 0.25) is 5.91 Å². The molecule has 3 rings (SSSR count). The fourth-order valence-corrected chi connectivity index (χ4v) is 2.93. The first-order valence-corrected chi connectivity index (χ1v) is 8.31. The molecule has 0 fully saturated rings. The predicted octanol–water partition coefficient (Wildman–Crippen LogP) is 3.27. The van der Waals surface area contributed by atoms with E-state index in [-0.39, 0.29) is 24.1 Å². The molecule has 0 saturated heterocycles. The summed E-state index contributed by atoms with van der Waals surface area (Å²) in [5.74, 6) is -0.161. The molecule has 1 atom stereocenters. The molecule has 0 spiro atoms. The smallest absolute Gasteiger partial charge is 0.269 e. The number of fused-ring (bicyclic) bond motifs is 1. The minimum Gasteiger partial charge on any atom is -0.337 e. The lowest BCUT2D eigenvalue weighted by Gasteiger charge is -2.26. The first kappa shape index (κ1) is 17.2. The number of aromatic nitrogens is 2. The Balaban J connectivity index is 1.87. The summed E-state index contributed by atoms with van der Waals surface area (Å²) in [6.07, 6.45) is 1.25. The Bertz CT molecular complexity index is 984. The molecule has 0 aliphatic heterocycles. The van der Waals surface area contributed by atoms with E-state index in [9.17, 15) is 9.59 Å². The van der Waals surface area contributed by atoms with Gasteiger partial charge in [-0.05, 0) is 36.8 Å². The summed E-state index contributed by atoms with van der Waals surface area (Å²) in [4.78, 5) is 30.6. The van der Waals surface area contributed by atoms with Crippen LogP contribution in [-0.2, 0) is 11.3 Å². The monoisotopic (exact) mass is 355 g/mol. The van der Waals surface area contributed by atoms with Crippen molar-refractivity contribution in [1.82, 2.24) is 14.5 Å². The van der Waals surface area contributed by atoms with E-state index in [1.807, 2.05) is 43.3 Å². The van der Waals surface area contributed by atoms with Gasteiger partial charge in [-0.25, -0.2) is 4.98 Å². The zero-order valence-corrected chi connectivity index (χ0v) is 14.8. The Morgan fingerprint density at radius 2 is 2.00 bits per heavy atom. The molecule has 0 bridgehead atoms. The van der Waals surface area contributed by atoms with E-state index in [1.165, 1.54) is 10.8 Å². The van der Waals surface area contributed by atoms with E-state index in [2.05, 4.69) is 4.98 Å². The maximum Gasteiger partial charge on any atom is 0.269 e. The molecule has 128 valence electrons. The first-order valence-electron chi connectivity index (χ1n) is 7.93. The van der Waals surface area contributed by atoms with Gasteiger partial charge >= 0.3 is 0 Å². The molecule has 3 aromatic rings. The molecule has 5 nitrogen and oxygen atoms in total. The third-order valence-electron chi connectivity index (χ3n) is 4.35. The molecule has 1 aromatic heterocycles. The number of carbonyl (C=O) groups excluding carboxylic acids is 1. The van der Waals surface area contributed by atoms with Gasteiger partial charge in [0.25, 0.3) is 5.56 Å². The lowest BCUT2D eigenvalue weighted by Crippen LogP contribution is -2.35. The van der Waals surface area contributed by atoms with Crippen molar-refractivity contribution < 1.29 is 4.79 Å². The SMILES string of the molecule is CC(c1cccc(Cl)c1)N(C)C(=O)Cn1c(=O)cnc2ccccc21. The minimum atomic E-state index is -0.296. The van der Waals surface area contributed by atoms with E-state index < -0.39 is 0 Å². The van der Waals surface area contributed by atoms with Crippen LogP contribution in [0.4, 0.5) is 0 Å². The first-order chi connectivity index (χ1) is 12.0. The highest BCUT2D eigenvalue weighted by Crippen LogP contribution is 2.22. The molecular weight excluding hydrogens is 338 g/mol. The molecule has 0 saturated carbocycles. The van der Waals surface area contributed by atoms with Crippen LogP contribution in [0.1, 0.15) is 18.5 Å². The predicted molar refractivity (Wildman–Crippen MR) is 98.6 cm³/mol. The fourth-order valence-electron chi connectivity index (χ4n) is 2.73. The van der Waals surface area contributed by atoms with Crippen LogP contribution in [0.3, 0.4) is 0 Å². The summed E-state index contributed by atoms with van der Waals surface area (Å²) in [6, 6.07) is 14.5. The summed E-state index contributed by atoms with van der Waals surface area (Å²) in [6.45, 7) is 1.89. The van der Waals surface area contributed by atoms with Crippen LogP contribution >= 0.6 is 11.6 Å². The number of carbonyl (C=O) groups is 1. The minimum absolute atomic E-state index is 0.0384. The number of likely N-dealkylation sites (N-methyl/N-ethyl adjacent to an activating group) is 1. The third-order valence-corrected chi connectivity index (χ3v) is 4.59. The highest BCUT2D eigenvalue weighted by molar-refractivity contribution is 6.30. The van der Waals surface area contributed by atoms with Crippen molar-refractivity contribution in [3.05, 3.63) is 75.7 Å². The van der Waals surface area contributed by atoms with Crippen LogP contribution < -0.4 is 5.56 Å². The number of halogens is 1. The topological polar surface area (TPSA) is 55.2 Å². The van der Waals surface area contributed by atoms with Crippen LogP contribution in [0.25, 0.3) is 11.0 Å². The number of nitrogens with zero attached hydrogens (tertiary/aromatic N) is 3. The number of amides is 1. The molecule has 6 heteroatoms. The van der Waals surface area contributed by atoms with Gasteiger partial charge < -0.3 is 4.90 Å². The fraction of sp³-hybridized carbons (Fsp3) is 0.211. The average Bonchev–Trinajstić information content (AvgIpc) is 2.62. The highest BCUT2D eigenvalue weighted by Gasteiger charge is 2.19. The zero-order valence-electron chi connectivity index (χ0n) is 14.0. The average molecular weight is 356 g/mol. The van der Waals surface area contributed by atoms with Crippen molar-refractivity contribution >= 4 is 28.5 Å². The number of hydrogen-bond acceptors (Lipinski definition) is 3. The van der Waals surface area contributed by atoms with Crippen molar-refractivity contribution in [1.29, 1.82) is 0 Å². The zero-order chi connectivity index (χ0) is 18.0. The highest BCUT2D eigenvalue weighted by atomic mass is 35.5. The van der Waals surface area contributed by atoms with Crippen LogP contribution in [0.5, 0.6) is 0 Å². The summed E-state index contributed by atoms with van der Waals surface area (Å²) < 4.78 is 1.45. The molecule has 0 aliphatic rings. The maximum absolute atomic E-state index is 12.7. The van der Waals surface area contributed by atoms with Gasteiger partial charge in [0.1, 0.15) is 6.54 Å². The van der Waals surface area contributed by atoms with Crippen molar-refractivity contribution in [3.63, 3.8) is 0 Å². The van der Waals surface area contributed by atoms with E-state index in [1.54, 1.807) is 24.1 Å². The summed E-state index contributed by atoms with van der Waals surface area (Å²) in [5, 5.41) is 0.626. The van der Waals surface area contributed by atoms with Crippen LogP contribution in [0.2, 0.25) is 5.02 Å². The van der Waals surface area contributed by atoms with Crippen LogP contribution in [-0.4, -0.2) is 27.4 Å². The molecular formula is C19H18ClN3O2. The number of para-hydroxylation sites is 2. The van der Waals surface area contributed by atoms with Gasteiger partial charge in [0.15, 0.2) is 0 Å². The molecule has 2 aromatic carbocycles. The molecule has 0 radical (unpaired) electrons. The Kier molecular flexibility index (Phi) is 4.86. The van der Waals surface area contributed by atoms with Crippen LogP contribution in [0.15, 0.2) is 59.5 Å². The lowest BCUT2D eigenvalue weighted by molar-refractivity contribution is -0.132. The summed E-state index contributed by atoms with van der Waals surface area (Å²) in [7, 11) is 1.72. The second-order valence-corrected chi connectivity index (χ2v) is 6.34. The van der Waals surface area contributed by atoms with E-state index >= 15 is 0 Å². The second kappa shape index (κ2) is 7.07. The van der Waals surface area contributed by atoms with Gasteiger partial charge in [-0.15, -0.1) is 0 Å². The quantitative estimate of drug-likeness (QED) is 0.721. The van der Waals surface area contributed by atoms with Gasteiger partial charge in [-0.2, -0.15) is 0 Å². The van der Waals surface area contributed by atoms with E-state index in [4.69, 9.17) is 11.6 Å². The lowest BCUT2D eigenvalue weighted by atomic mass is 10.1. The number of rotatable bonds is 4. The normalized spacial score (nSPS) is 12.1. The van der Waals surface area contributed by atoms with E-state index in [0.29, 0.717) is 16.1 Å². The summed E-state index contributed by atoms with van der Waals surface area (Å²) >= 11 is 6.03. The van der Waals surface area contributed by atoms with Crippen LogP contribution in [0, 0.1) is 0 Å². The van der Waals surface area contributed by atoms with Gasteiger partial charge in [-0.3, -0.25) is 14.2 Å². The van der Waals surface area contributed by atoms with E-state index in [0.717, 1.165) is 5.56 Å².